The van der Waals surface area contributed by atoms with Crippen LogP contribution in [-0.2, 0) is 4.74 Å². The second kappa shape index (κ2) is 4.34. The molecule has 0 fully saturated rings. The third kappa shape index (κ3) is 10.1. The highest BCUT2D eigenvalue weighted by Crippen LogP contribution is 2.09. The molecule has 0 aromatic rings. The average Bonchev–Trinajstić information content (AvgIpc) is 2.18. The molecule has 0 atom stereocenters. The molecule has 0 aliphatic rings. The average molecular weight is 200 g/mol. The minimum Gasteiger partial charge on any atom is -0.390 e. The van der Waals surface area contributed by atoms with Gasteiger partial charge in [-0.25, -0.2) is 0 Å². The molecule has 0 radical (unpaired) electrons. The van der Waals surface area contributed by atoms with Crippen LogP contribution in [0.5, 0.6) is 0 Å². The van der Waals surface area contributed by atoms with Gasteiger partial charge in [0.25, 0.3) is 0 Å². The van der Waals surface area contributed by atoms with Gasteiger partial charge in [-0.3, -0.25) is 0 Å². The Morgan fingerprint density at radius 2 is 1.92 bits per heavy atom. The molecular weight excluding hydrogens is 176 g/mol. The maximum Gasteiger partial charge on any atom is 0.492 e. The van der Waals surface area contributed by atoms with Crippen LogP contribution in [0.2, 0.25) is 6.04 Å². The molecule has 0 heterocycles. The standard InChI is InChI=1S/C7H18O4Si/c1-7(2,3)11-5-4-6-12(8,9)10/h8-10H,4-6H2,1-3H3/i8T,9T,10T. The van der Waals surface area contributed by atoms with Crippen LogP contribution < -0.4 is 0 Å². The minimum atomic E-state index is -3.39. The predicted molar refractivity (Wildman–Crippen MR) is 47.5 cm³/mol. The molecule has 0 aromatic carbocycles. The summed E-state index contributed by atoms with van der Waals surface area (Å²) in [5, 5.41) is 0. The lowest BCUT2D eigenvalue weighted by atomic mass is 10.2. The van der Waals surface area contributed by atoms with Crippen LogP contribution in [0.3, 0.4) is 0 Å². The molecule has 12 heavy (non-hydrogen) atoms. The highest BCUT2D eigenvalue weighted by atomic mass is 28.4. The Labute approximate surface area is 78.7 Å². The Kier molecular flexibility index (Phi) is 2.70. The fraction of sp³-hybridized carbons (Fsp3) is 1.00. The Hall–Kier alpha value is 0.0569. The van der Waals surface area contributed by atoms with Gasteiger partial charge in [0.15, 0.2) is 4.29 Å². The summed E-state index contributed by atoms with van der Waals surface area (Å²) in [6, 6.07) is 0.222. The van der Waals surface area contributed by atoms with Crippen LogP contribution in [0.4, 0.5) is 0 Å². The van der Waals surface area contributed by atoms with Crippen molar-refractivity contribution < 1.29 is 19.1 Å². The second-order valence-electron chi connectivity index (χ2n) is 3.75. The van der Waals surface area contributed by atoms with Crippen LogP contribution in [0.15, 0.2) is 0 Å². The zero-order valence-corrected chi connectivity index (χ0v) is 8.75. The molecule has 5 heteroatoms. The minimum absolute atomic E-state index is 0.222. The van der Waals surface area contributed by atoms with E-state index in [-0.39, 0.29) is 11.6 Å². The summed E-state index contributed by atoms with van der Waals surface area (Å²) < 4.78 is 25.5. The molecule has 0 spiro atoms. The third-order valence-electron chi connectivity index (χ3n) is 1.16. The first-order chi connectivity index (χ1) is 6.89. The van der Waals surface area contributed by atoms with Gasteiger partial charge in [0.2, 0.25) is 0 Å². The van der Waals surface area contributed by atoms with E-state index in [4.69, 9.17) is 9.03 Å². The van der Waals surface area contributed by atoms with E-state index in [1.165, 1.54) is 0 Å². The van der Waals surface area contributed by atoms with Gasteiger partial charge in [0, 0.05) is 12.7 Å². The van der Waals surface area contributed by atoms with E-state index in [1.807, 2.05) is 20.8 Å². The molecule has 0 bridgehead atoms. The molecule has 0 amide bonds. The maximum absolute atomic E-state index is 6.70. The summed E-state index contributed by atoms with van der Waals surface area (Å²) in [5.41, 5.74) is -0.227. The van der Waals surface area contributed by atoms with E-state index in [9.17, 15) is 0 Å². The zero-order valence-electron chi connectivity index (χ0n) is 10.8. The quantitative estimate of drug-likeness (QED) is 0.403. The van der Waals surface area contributed by atoms with Crippen molar-refractivity contribution in [2.75, 3.05) is 6.61 Å². The van der Waals surface area contributed by atoms with Gasteiger partial charge in [0.1, 0.15) is 0 Å². The summed E-state index contributed by atoms with van der Waals surface area (Å²) in [6.45, 7) is 6.25. The Bertz CT molecular complexity index is 164. The number of hydrogen-bond donors (Lipinski definition) is 3. The van der Waals surface area contributed by atoms with E-state index in [0.717, 1.165) is 0 Å². The second-order valence-corrected chi connectivity index (χ2v) is 5.61. The number of rotatable bonds is 7. The van der Waals surface area contributed by atoms with E-state index in [1.54, 1.807) is 0 Å². The fourth-order valence-corrected chi connectivity index (χ4v) is 1.24. The lowest BCUT2D eigenvalue weighted by Crippen LogP contribution is -2.34. The molecule has 3 N–H and O–H groups in total. The van der Waals surface area contributed by atoms with Crippen molar-refractivity contribution >= 4 is 8.80 Å². The van der Waals surface area contributed by atoms with Gasteiger partial charge in [0.05, 0.1) is 5.60 Å². The van der Waals surface area contributed by atoms with E-state index < -0.39 is 8.80 Å². The van der Waals surface area contributed by atoms with Crippen LogP contribution >= 0.6 is 0 Å². The molecule has 0 aromatic heterocycles. The van der Waals surface area contributed by atoms with Crippen LogP contribution in [0.1, 0.15) is 27.2 Å². The fourth-order valence-electron chi connectivity index (χ4n) is 0.667. The Morgan fingerprint density at radius 1 is 1.33 bits per heavy atom. The van der Waals surface area contributed by atoms with E-state index in [2.05, 4.69) is 14.4 Å². The summed E-state index contributed by atoms with van der Waals surface area (Å²) in [5.74, 6) is 0. The van der Waals surface area contributed by atoms with Gasteiger partial charge in [-0.2, -0.15) is 0 Å². The largest absolute Gasteiger partial charge is 0.492 e. The number of hydrogen-bond acceptors (Lipinski definition) is 4. The molecule has 0 saturated carbocycles. The zero-order chi connectivity index (χ0) is 11.9. The summed E-state index contributed by atoms with van der Waals surface area (Å²) in [4.78, 5) is 12.5. The normalized spacial score (nSPS) is 16.8. The number of ether oxygens (including phenoxy) is 1. The van der Waals surface area contributed by atoms with Gasteiger partial charge < -0.3 is 19.1 Å². The lowest BCUT2D eigenvalue weighted by molar-refractivity contribution is -0.00364. The summed E-state index contributed by atoms with van der Waals surface area (Å²) in [7, 11) is -3.39. The SMILES string of the molecule is [3H]O[Si](CCCOC(C)(C)C)(O[3H])O[3H]. The van der Waals surface area contributed by atoms with Crippen molar-refractivity contribution in [1.29, 1.82) is 4.29 Å². The van der Waals surface area contributed by atoms with E-state index in [0.29, 0.717) is 13.0 Å². The molecular formula is C7H18O4Si. The molecule has 0 rings (SSSR count). The van der Waals surface area contributed by atoms with Gasteiger partial charge in [-0.15, -0.1) is 0 Å². The molecule has 4 nitrogen and oxygen atoms in total. The summed E-state index contributed by atoms with van der Waals surface area (Å²) in [6.07, 6.45) is 0.528. The van der Waals surface area contributed by atoms with Crippen LogP contribution in [-0.4, -0.2) is 39.7 Å². The van der Waals surface area contributed by atoms with Crippen molar-refractivity contribution in [3.05, 3.63) is 0 Å². The van der Waals surface area contributed by atoms with Crippen molar-refractivity contribution in [3.63, 3.8) is 0 Å². The first-order valence-electron chi connectivity index (χ1n) is 5.18. The third-order valence-corrected chi connectivity index (χ3v) is 2.13. The smallest absolute Gasteiger partial charge is 0.390 e. The molecule has 0 unspecified atom stereocenters. The van der Waals surface area contributed by atoms with Crippen molar-refractivity contribution in [1.82, 2.24) is 0 Å². The Balaban J connectivity index is 3.82. The topological polar surface area (TPSA) is 69.9 Å². The van der Waals surface area contributed by atoms with Crippen molar-refractivity contribution in [3.8, 4) is 0 Å². The van der Waals surface area contributed by atoms with Gasteiger partial charge in [-0.1, -0.05) is 0 Å². The van der Waals surface area contributed by atoms with E-state index >= 15 is 0 Å². The van der Waals surface area contributed by atoms with Crippen LogP contribution in [0.25, 0.3) is 0 Å². The van der Waals surface area contributed by atoms with Crippen molar-refractivity contribution in [2.45, 2.75) is 38.8 Å². The molecule has 0 aliphatic heterocycles. The first kappa shape index (κ1) is 7.46. The first-order valence-corrected chi connectivity index (χ1v) is 5.89. The van der Waals surface area contributed by atoms with Gasteiger partial charge >= 0.3 is 8.80 Å². The highest BCUT2D eigenvalue weighted by Gasteiger charge is 2.25. The Morgan fingerprint density at radius 3 is 2.33 bits per heavy atom. The van der Waals surface area contributed by atoms with Crippen molar-refractivity contribution in [2.24, 2.45) is 0 Å². The molecule has 0 aliphatic carbocycles. The lowest BCUT2D eigenvalue weighted by Gasteiger charge is -2.19. The monoisotopic (exact) mass is 200 g/mol. The summed E-state index contributed by atoms with van der Waals surface area (Å²) >= 11 is 0. The molecule has 0 saturated heterocycles. The predicted octanol–water partition coefficient (Wildman–Crippen LogP) is 0.107. The van der Waals surface area contributed by atoms with Crippen LogP contribution in [0, 0.1) is 0 Å². The molecule has 74 valence electrons. The highest BCUT2D eigenvalue weighted by molar-refractivity contribution is 6.56. The van der Waals surface area contributed by atoms with Gasteiger partial charge in [-0.05, 0) is 27.2 Å². The maximum atomic E-state index is 6.70.